The Labute approximate surface area is 155 Å². The van der Waals surface area contributed by atoms with E-state index in [1.807, 2.05) is 22.6 Å². The fourth-order valence-electron chi connectivity index (χ4n) is 2.13. The van der Waals surface area contributed by atoms with Gasteiger partial charge in [0, 0.05) is 12.3 Å². The van der Waals surface area contributed by atoms with Crippen LogP contribution in [-0.4, -0.2) is 43.3 Å². The molecule has 0 fully saturated rings. The van der Waals surface area contributed by atoms with Gasteiger partial charge in [-0.15, -0.1) is 0 Å². The summed E-state index contributed by atoms with van der Waals surface area (Å²) in [5, 5.41) is 20.8. The lowest BCUT2D eigenvalue weighted by Gasteiger charge is -2.30. The predicted octanol–water partition coefficient (Wildman–Crippen LogP) is 2.26. The molecule has 0 rings (SSSR count). The van der Waals surface area contributed by atoms with Crippen LogP contribution in [0.15, 0.2) is 0 Å². The molecule has 0 aliphatic rings. The molecule has 0 saturated carbocycles. The van der Waals surface area contributed by atoms with Gasteiger partial charge in [-0.05, 0) is 33.6 Å². The Bertz CT molecular complexity index is 513. The maximum Gasteiger partial charge on any atom is 0.326 e. The maximum absolute atomic E-state index is 12.4. The van der Waals surface area contributed by atoms with E-state index in [0.29, 0.717) is 0 Å². The van der Waals surface area contributed by atoms with E-state index in [1.54, 1.807) is 20.8 Å². The summed E-state index contributed by atoms with van der Waals surface area (Å²) < 4.78 is -1.09. The highest BCUT2D eigenvalue weighted by atomic mass is 127. The molecule has 0 bridgehead atoms. The van der Waals surface area contributed by atoms with Gasteiger partial charge in [0.2, 0.25) is 5.91 Å². The molecule has 24 heavy (non-hydrogen) atoms. The summed E-state index contributed by atoms with van der Waals surface area (Å²) in [6.45, 7) is 8.04. The second-order valence-corrected chi connectivity index (χ2v) is 9.47. The number of halogens is 1. The van der Waals surface area contributed by atoms with Crippen molar-refractivity contribution in [2.75, 3.05) is 0 Å². The maximum atomic E-state index is 12.4. The highest BCUT2D eigenvalue weighted by Gasteiger charge is 2.41. The number of aliphatic carboxylic acids is 2. The zero-order valence-corrected chi connectivity index (χ0v) is 16.8. The third kappa shape index (κ3) is 7.14. The number of alkyl halides is 1. The van der Waals surface area contributed by atoms with Crippen LogP contribution in [0.25, 0.3) is 0 Å². The van der Waals surface area contributed by atoms with Gasteiger partial charge < -0.3 is 15.5 Å². The number of amides is 1. The fourth-order valence-corrected chi connectivity index (χ4v) is 3.24. The van der Waals surface area contributed by atoms with Crippen LogP contribution in [0.5, 0.6) is 0 Å². The largest absolute Gasteiger partial charge is 0.481 e. The molecule has 0 spiro atoms. The minimum Gasteiger partial charge on any atom is -0.481 e. The lowest BCUT2D eigenvalue weighted by molar-refractivity contribution is -0.148. The van der Waals surface area contributed by atoms with Crippen molar-refractivity contribution in [1.82, 2.24) is 5.32 Å². The van der Waals surface area contributed by atoms with Crippen LogP contribution >= 0.6 is 22.6 Å². The SMILES string of the molecule is CC(C)C(=O)CC[C@H](NC(=O)C(C)(I)CC(C)(C)C(=O)O)C(=O)O. The molecule has 0 aromatic rings. The molecule has 0 saturated heterocycles. The third-order valence-electron chi connectivity index (χ3n) is 3.75. The topological polar surface area (TPSA) is 121 Å². The van der Waals surface area contributed by atoms with Gasteiger partial charge in [-0.3, -0.25) is 14.4 Å². The molecule has 0 aromatic heterocycles. The first-order valence-corrected chi connectivity index (χ1v) is 8.77. The summed E-state index contributed by atoms with van der Waals surface area (Å²) >= 11 is 1.83. The number of rotatable bonds is 10. The van der Waals surface area contributed by atoms with E-state index >= 15 is 0 Å². The third-order valence-corrected chi connectivity index (χ3v) is 4.62. The van der Waals surface area contributed by atoms with Crippen LogP contribution < -0.4 is 5.32 Å². The second kappa shape index (κ2) is 8.77. The monoisotopic (exact) mass is 455 g/mol. The highest BCUT2D eigenvalue weighted by molar-refractivity contribution is 14.1. The predicted molar refractivity (Wildman–Crippen MR) is 97.1 cm³/mol. The van der Waals surface area contributed by atoms with Gasteiger partial charge in [0.15, 0.2) is 0 Å². The summed E-state index contributed by atoms with van der Waals surface area (Å²) in [5.74, 6) is -3.07. The summed E-state index contributed by atoms with van der Waals surface area (Å²) in [6.07, 6.45) is 0.111. The zero-order valence-electron chi connectivity index (χ0n) is 14.7. The summed E-state index contributed by atoms with van der Waals surface area (Å²) in [5.41, 5.74) is -1.13. The minimum atomic E-state index is -1.22. The minimum absolute atomic E-state index is 0.00707. The van der Waals surface area contributed by atoms with Crippen molar-refractivity contribution in [2.24, 2.45) is 11.3 Å². The quantitative estimate of drug-likeness (QED) is 0.343. The van der Waals surface area contributed by atoms with E-state index in [2.05, 4.69) is 5.32 Å². The van der Waals surface area contributed by atoms with Gasteiger partial charge in [-0.2, -0.15) is 0 Å². The van der Waals surface area contributed by atoms with E-state index in [4.69, 9.17) is 0 Å². The Morgan fingerprint density at radius 1 is 1.08 bits per heavy atom. The van der Waals surface area contributed by atoms with Crippen LogP contribution in [0.2, 0.25) is 0 Å². The molecule has 0 aromatic carbocycles. The number of nitrogens with one attached hydrogen (secondary N) is 1. The number of carbonyl (C=O) groups is 4. The molecule has 7 nitrogen and oxygen atoms in total. The Morgan fingerprint density at radius 3 is 1.96 bits per heavy atom. The van der Waals surface area contributed by atoms with E-state index in [9.17, 15) is 29.4 Å². The van der Waals surface area contributed by atoms with Crippen molar-refractivity contribution in [2.45, 2.75) is 63.3 Å². The van der Waals surface area contributed by atoms with Crippen molar-refractivity contribution in [3.8, 4) is 0 Å². The van der Waals surface area contributed by atoms with Crippen LogP contribution in [-0.2, 0) is 19.2 Å². The smallest absolute Gasteiger partial charge is 0.326 e. The number of carbonyl (C=O) groups excluding carboxylic acids is 2. The number of ketones is 1. The Morgan fingerprint density at radius 2 is 1.58 bits per heavy atom. The van der Waals surface area contributed by atoms with Gasteiger partial charge in [-0.1, -0.05) is 36.4 Å². The number of Topliss-reactive ketones (excluding diaryl/α,β-unsaturated/α-hetero) is 1. The van der Waals surface area contributed by atoms with Crippen LogP contribution in [0.1, 0.15) is 53.9 Å². The first-order valence-electron chi connectivity index (χ1n) is 7.69. The summed E-state index contributed by atoms with van der Waals surface area (Å²) in [6, 6.07) is -1.18. The van der Waals surface area contributed by atoms with E-state index < -0.39 is 32.7 Å². The van der Waals surface area contributed by atoms with Gasteiger partial charge in [0.25, 0.3) is 0 Å². The molecule has 8 heteroatoms. The Balaban J connectivity index is 4.96. The molecule has 0 heterocycles. The van der Waals surface area contributed by atoms with Crippen molar-refractivity contribution >= 4 is 46.2 Å². The molecule has 3 N–H and O–H groups in total. The van der Waals surface area contributed by atoms with Crippen LogP contribution in [0.3, 0.4) is 0 Å². The van der Waals surface area contributed by atoms with Crippen molar-refractivity contribution in [3.05, 3.63) is 0 Å². The van der Waals surface area contributed by atoms with Gasteiger partial charge >= 0.3 is 11.9 Å². The molecule has 0 aliphatic carbocycles. The summed E-state index contributed by atoms with van der Waals surface area (Å²) in [7, 11) is 0. The Kier molecular flexibility index (Phi) is 8.34. The highest BCUT2D eigenvalue weighted by Crippen LogP contribution is 2.34. The number of carboxylic acid groups (broad SMARTS) is 2. The molecule has 138 valence electrons. The molecule has 2 atom stereocenters. The normalized spacial score (nSPS) is 15.5. The lowest BCUT2D eigenvalue weighted by Crippen LogP contribution is -2.50. The van der Waals surface area contributed by atoms with E-state index in [0.717, 1.165) is 0 Å². The standard InChI is InChI=1S/C16H26INO6/c1-9(2)11(19)7-6-10(12(20)21)18-13(22)16(5,17)8-15(3,4)14(23)24/h9-10H,6-8H2,1-5H3,(H,18,22)(H,20,21)(H,23,24)/t10-,16?/m0/s1. The fraction of sp³-hybridized carbons (Fsp3) is 0.750. The number of carboxylic acids is 2. The van der Waals surface area contributed by atoms with Crippen LogP contribution in [0.4, 0.5) is 0 Å². The molecular weight excluding hydrogens is 429 g/mol. The van der Waals surface area contributed by atoms with Crippen molar-refractivity contribution < 1.29 is 29.4 Å². The first kappa shape index (κ1) is 22.8. The second-order valence-electron chi connectivity index (χ2n) is 7.09. The molecule has 1 unspecified atom stereocenters. The molecular formula is C16H26INO6. The molecule has 0 aliphatic heterocycles. The average Bonchev–Trinajstić information content (AvgIpc) is 2.40. The van der Waals surface area contributed by atoms with Crippen LogP contribution in [0, 0.1) is 11.3 Å². The van der Waals surface area contributed by atoms with Gasteiger partial charge in [0.05, 0.1) is 8.84 Å². The van der Waals surface area contributed by atoms with E-state index in [-0.39, 0.29) is 31.0 Å². The first-order chi connectivity index (χ1) is 10.7. The number of hydrogen-bond donors (Lipinski definition) is 3. The summed E-state index contributed by atoms with van der Waals surface area (Å²) in [4.78, 5) is 46.6. The molecule has 1 amide bonds. The lowest BCUT2D eigenvalue weighted by atomic mass is 9.83. The van der Waals surface area contributed by atoms with Crippen molar-refractivity contribution in [1.29, 1.82) is 0 Å². The number of hydrogen-bond acceptors (Lipinski definition) is 4. The zero-order chi connectivity index (χ0) is 19.3. The molecule has 0 radical (unpaired) electrons. The van der Waals surface area contributed by atoms with Gasteiger partial charge in [-0.25, -0.2) is 4.79 Å². The van der Waals surface area contributed by atoms with Gasteiger partial charge in [0.1, 0.15) is 11.8 Å². The van der Waals surface area contributed by atoms with E-state index in [1.165, 1.54) is 13.8 Å². The Hall–Kier alpha value is -1.19. The van der Waals surface area contributed by atoms with Crippen molar-refractivity contribution in [3.63, 3.8) is 0 Å². The average molecular weight is 455 g/mol.